The molecule has 1 aliphatic rings. The van der Waals surface area contributed by atoms with Crippen molar-refractivity contribution in [1.29, 1.82) is 0 Å². The van der Waals surface area contributed by atoms with Crippen LogP contribution >= 0.6 is 0 Å². The van der Waals surface area contributed by atoms with Crippen molar-refractivity contribution in [1.82, 2.24) is 0 Å². The average Bonchev–Trinajstić information content (AvgIpc) is 2.77. The van der Waals surface area contributed by atoms with Crippen LogP contribution in [0.5, 0.6) is 0 Å². The van der Waals surface area contributed by atoms with Crippen LogP contribution in [0.1, 0.15) is 30.9 Å². The van der Waals surface area contributed by atoms with Crippen molar-refractivity contribution in [3.63, 3.8) is 0 Å². The number of hydrogen-bond acceptors (Lipinski definition) is 2. The van der Waals surface area contributed by atoms with E-state index in [4.69, 9.17) is 5.73 Å². The molecule has 2 rings (SSSR count). The van der Waals surface area contributed by atoms with Gasteiger partial charge in [0, 0.05) is 12.0 Å². The molecule has 1 aliphatic heterocycles. The SMILES string of the molecule is CC[N+]1(Cc2cccc(C(F)(F)F)c2F)C(=O)CC[C@H]1C(N)=O. The first kappa shape index (κ1) is 17.4. The molecule has 2 atom stereocenters. The Labute approximate surface area is 130 Å². The number of quaternary nitrogens is 1. The number of amides is 2. The number of carbonyl (C=O) groups excluding carboxylic acids is 2. The van der Waals surface area contributed by atoms with Crippen molar-refractivity contribution in [3.8, 4) is 0 Å². The molecule has 0 aliphatic carbocycles. The van der Waals surface area contributed by atoms with E-state index in [1.807, 2.05) is 0 Å². The van der Waals surface area contributed by atoms with Gasteiger partial charge in [0.2, 0.25) is 0 Å². The summed E-state index contributed by atoms with van der Waals surface area (Å²) in [5.74, 6) is -2.42. The first-order chi connectivity index (χ1) is 10.6. The largest absolute Gasteiger partial charge is 0.419 e. The molecule has 23 heavy (non-hydrogen) atoms. The highest BCUT2D eigenvalue weighted by Crippen LogP contribution is 2.36. The molecule has 1 saturated heterocycles. The van der Waals surface area contributed by atoms with Crippen LogP contribution in [0.3, 0.4) is 0 Å². The summed E-state index contributed by atoms with van der Waals surface area (Å²) in [7, 11) is 0. The van der Waals surface area contributed by atoms with E-state index in [0.717, 1.165) is 6.07 Å². The molecule has 4 nitrogen and oxygen atoms in total. The molecule has 1 aromatic rings. The van der Waals surface area contributed by atoms with E-state index in [2.05, 4.69) is 0 Å². The standard InChI is InChI=1S/C15H16F4N2O2/c1-2-21(11(14(20)23)6-7-12(21)22)8-9-4-3-5-10(13(9)16)15(17,18)19/h3-5,11H,2,6-8H2,1H3,(H-,20,23)/p+1/t11-,21?/m0/s1. The Morgan fingerprint density at radius 2 is 2.04 bits per heavy atom. The van der Waals surface area contributed by atoms with Gasteiger partial charge in [0.05, 0.1) is 18.5 Å². The second-order valence-electron chi connectivity index (χ2n) is 5.64. The molecule has 1 heterocycles. The number of nitrogens with two attached hydrogens (primary N) is 1. The molecule has 2 amide bonds. The van der Waals surface area contributed by atoms with Crippen LogP contribution in [0.2, 0.25) is 0 Å². The lowest BCUT2D eigenvalue weighted by atomic mass is 10.1. The molecule has 0 aromatic heterocycles. The van der Waals surface area contributed by atoms with E-state index in [9.17, 15) is 27.2 Å². The first-order valence-electron chi connectivity index (χ1n) is 7.17. The van der Waals surface area contributed by atoms with Gasteiger partial charge in [-0.15, -0.1) is 0 Å². The Hall–Kier alpha value is -1.96. The predicted octanol–water partition coefficient (Wildman–Crippen LogP) is 2.36. The van der Waals surface area contributed by atoms with Gasteiger partial charge < -0.3 is 5.73 Å². The highest BCUT2D eigenvalue weighted by Gasteiger charge is 2.51. The van der Waals surface area contributed by atoms with Crippen molar-refractivity contribution in [2.45, 2.75) is 38.5 Å². The van der Waals surface area contributed by atoms with Gasteiger partial charge in [-0.2, -0.15) is 13.2 Å². The Bertz CT molecular complexity index is 645. The van der Waals surface area contributed by atoms with Gasteiger partial charge in [0.1, 0.15) is 12.4 Å². The van der Waals surface area contributed by atoms with Crippen LogP contribution in [-0.2, 0) is 22.3 Å². The van der Waals surface area contributed by atoms with Crippen molar-refractivity contribution >= 4 is 11.8 Å². The van der Waals surface area contributed by atoms with E-state index in [1.165, 1.54) is 6.07 Å². The molecule has 1 fully saturated rings. The van der Waals surface area contributed by atoms with Crippen LogP contribution < -0.4 is 5.73 Å². The minimum atomic E-state index is -4.82. The summed E-state index contributed by atoms with van der Waals surface area (Å²) >= 11 is 0. The van der Waals surface area contributed by atoms with Crippen LogP contribution in [0.15, 0.2) is 18.2 Å². The number of hydrogen-bond donors (Lipinski definition) is 1. The lowest BCUT2D eigenvalue weighted by Crippen LogP contribution is -2.58. The number of carbonyl (C=O) groups is 2. The second kappa shape index (κ2) is 5.92. The molecule has 2 N–H and O–H groups in total. The molecule has 1 aromatic carbocycles. The van der Waals surface area contributed by atoms with E-state index in [0.29, 0.717) is 6.07 Å². The summed E-state index contributed by atoms with van der Waals surface area (Å²) in [6.07, 6.45) is -4.50. The number of alkyl halides is 3. The molecule has 0 bridgehead atoms. The van der Waals surface area contributed by atoms with E-state index >= 15 is 0 Å². The smallest absolute Gasteiger partial charge is 0.364 e. The maximum Gasteiger partial charge on any atom is 0.419 e. The number of halogens is 4. The molecule has 126 valence electrons. The van der Waals surface area contributed by atoms with Crippen molar-refractivity contribution in [3.05, 3.63) is 35.1 Å². The minimum Gasteiger partial charge on any atom is -0.364 e. The van der Waals surface area contributed by atoms with E-state index < -0.39 is 34.0 Å². The fourth-order valence-electron chi connectivity index (χ4n) is 3.22. The van der Waals surface area contributed by atoms with Crippen LogP contribution in [0.25, 0.3) is 0 Å². The van der Waals surface area contributed by atoms with Crippen LogP contribution in [0.4, 0.5) is 17.6 Å². The van der Waals surface area contributed by atoms with Gasteiger partial charge >= 0.3 is 12.1 Å². The van der Waals surface area contributed by atoms with Crippen LogP contribution in [-0.4, -0.2) is 28.9 Å². The summed E-state index contributed by atoms with van der Waals surface area (Å²) in [6, 6.07) is 2.09. The van der Waals surface area contributed by atoms with Gasteiger partial charge in [-0.05, 0) is 13.0 Å². The Kier molecular flexibility index (Phi) is 4.48. The molecule has 1 unspecified atom stereocenters. The number of likely N-dealkylation sites (N-methyl/N-ethyl adjacent to an activating group) is 1. The third kappa shape index (κ3) is 2.95. The number of likely N-dealkylation sites (tertiary alicyclic amines) is 1. The number of primary amides is 1. The maximum atomic E-state index is 14.2. The van der Waals surface area contributed by atoms with Crippen molar-refractivity contribution in [2.75, 3.05) is 6.54 Å². The Morgan fingerprint density at radius 3 is 2.57 bits per heavy atom. The number of benzene rings is 1. The van der Waals surface area contributed by atoms with E-state index in [1.54, 1.807) is 6.92 Å². The lowest BCUT2D eigenvalue weighted by molar-refractivity contribution is -0.873. The zero-order valence-electron chi connectivity index (χ0n) is 12.5. The van der Waals surface area contributed by atoms with Crippen molar-refractivity contribution < 1.29 is 31.6 Å². The van der Waals surface area contributed by atoms with Gasteiger partial charge in [0.15, 0.2) is 6.04 Å². The quantitative estimate of drug-likeness (QED) is 0.679. The topological polar surface area (TPSA) is 60.2 Å². The second-order valence-corrected chi connectivity index (χ2v) is 5.64. The summed E-state index contributed by atoms with van der Waals surface area (Å²) in [5.41, 5.74) is 3.69. The van der Waals surface area contributed by atoms with Gasteiger partial charge in [0.25, 0.3) is 5.91 Å². The molecule has 8 heteroatoms. The third-order valence-corrected chi connectivity index (χ3v) is 4.45. The van der Waals surface area contributed by atoms with Gasteiger partial charge in [-0.25, -0.2) is 13.7 Å². The normalized spacial score (nSPS) is 24.9. The predicted molar refractivity (Wildman–Crippen MR) is 73.1 cm³/mol. The average molecular weight is 333 g/mol. The zero-order chi connectivity index (χ0) is 17.4. The monoisotopic (exact) mass is 333 g/mol. The van der Waals surface area contributed by atoms with E-state index in [-0.39, 0.29) is 37.4 Å². The zero-order valence-corrected chi connectivity index (χ0v) is 12.5. The van der Waals surface area contributed by atoms with Gasteiger partial charge in [-0.3, -0.25) is 4.79 Å². The van der Waals surface area contributed by atoms with Crippen molar-refractivity contribution in [2.24, 2.45) is 5.73 Å². The molecule has 0 saturated carbocycles. The van der Waals surface area contributed by atoms with Crippen LogP contribution in [0, 0.1) is 5.82 Å². The molecule has 0 radical (unpaired) electrons. The number of rotatable bonds is 4. The molecular formula is C15H17F4N2O2+. The first-order valence-corrected chi connectivity index (χ1v) is 7.17. The highest BCUT2D eigenvalue weighted by atomic mass is 19.4. The summed E-state index contributed by atoms with van der Waals surface area (Å²) < 4.78 is 52.2. The fourth-order valence-corrected chi connectivity index (χ4v) is 3.22. The van der Waals surface area contributed by atoms with Gasteiger partial charge in [-0.1, -0.05) is 12.1 Å². The molecule has 0 spiro atoms. The third-order valence-electron chi connectivity index (χ3n) is 4.45. The summed E-state index contributed by atoms with van der Waals surface area (Å²) in [4.78, 5) is 23.9. The highest BCUT2D eigenvalue weighted by molar-refractivity contribution is 5.84. The summed E-state index contributed by atoms with van der Waals surface area (Å²) in [6.45, 7) is 1.46. The Morgan fingerprint density at radius 1 is 1.39 bits per heavy atom. The minimum absolute atomic E-state index is 0.0992. The summed E-state index contributed by atoms with van der Waals surface area (Å²) in [5, 5.41) is 0. The maximum absolute atomic E-state index is 14.2. The lowest BCUT2D eigenvalue weighted by Gasteiger charge is -2.35. The number of nitrogens with zero attached hydrogens (tertiary/aromatic N) is 1. The fraction of sp³-hybridized carbons (Fsp3) is 0.467. The Balaban J connectivity index is 2.48. The molecular weight excluding hydrogens is 316 g/mol.